The van der Waals surface area contributed by atoms with Gasteiger partial charge >= 0.3 is 7.82 Å². The summed E-state index contributed by atoms with van der Waals surface area (Å²) in [4.78, 5) is 20.2. The molecule has 2 rings (SSSR count). The van der Waals surface area contributed by atoms with Crippen LogP contribution in [0.4, 0.5) is 5.69 Å². The number of halogens is 2. The standard InChI is InChI=1S/C11H12Cl2NO6PS/c1-7-4-9(2-3-10(7)14(15)16)22-20-21(17,18)19-6-8-5-11(8,12)13/h2-4,8H,5-6H2,1H3,(H,17,18). The first-order chi connectivity index (χ1) is 10.1. The third-order valence-corrected chi connectivity index (χ3v) is 5.89. The van der Waals surface area contributed by atoms with Crippen LogP contribution in [0.25, 0.3) is 0 Å². The molecule has 2 atom stereocenters. The number of aryl methyl sites for hydroxylation is 1. The molecule has 2 unspecified atom stereocenters. The van der Waals surface area contributed by atoms with Gasteiger partial charge in [0.25, 0.3) is 5.69 Å². The number of hydrogen-bond acceptors (Lipinski definition) is 6. The zero-order valence-corrected chi connectivity index (χ0v) is 14.5. The highest BCUT2D eigenvalue weighted by atomic mass is 35.5. The van der Waals surface area contributed by atoms with E-state index in [1.807, 2.05) is 0 Å². The van der Waals surface area contributed by atoms with E-state index in [0.717, 1.165) is 0 Å². The molecular formula is C11H12Cl2NO6PS. The molecule has 0 spiro atoms. The molecule has 0 radical (unpaired) electrons. The molecule has 7 nitrogen and oxygen atoms in total. The van der Waals surface area contributed by atoms with Crippen LogP contribution in [0.15, 0.2) is 23.1 Å². The lowest BCUT2D eigenvalue weighted by Crippen LogP contribution is -2.00. The van der Waals surface area contributed by atoms with Gasteiger partial charge in [-0.25, -0.2) is 8.54 Å². The summed E-state index contributed by atoms with van der Waals surface area (Å²) >= 11 is 12.2. The maximum Gasteiger partial charge on any atom is 0.483 e. The molecule has 1 saturated carbocycles. The third-order valence-electron chi connectivity index (χ3n) is 2.99. The second kappa shape index (κ2) is 6.65. The van der Waals surface area contributed by atoms with Crippen molar-refractivity contribution >= 4 is 48.8 Å². The second-order valence-electron chi connectivity index (χ2n) is 4.79. The van der Waals surface area contributed by atoms with Gasteiger partial charge in [-0.05, 0) is 25.5 Å². The fourth-order valence-electron chi connectivity index (χ4n) is 1.63. The zero-order chi connectivity index (χ0) is 16.5. The fourth-order valence-corrected chi connectivity index (χ4v) is 3.74. The molecule has 0 bridgehead atoms. The Bertz CT molecular complexity index is 643. The number of nitrogens with zero attached hydrogens (tertiary/aromatic N) is 1. The predicted octanol–water partition coefficient (Wildman–Crippen LogP) is 4.24. The van der Waals surface area contributed by atoms with Crippen LogP contribution in [0.5, 0.6) is 0 Å². The van der Waals surface area contributed by atoms with Crippen LogP contribution in [0.3, 0.4) is 0 Å². The van der Waals surface area contributed by atoms with E-state index >= 15 is 0 Å². The van der Waals surface area contributed by atoms with Crippen molar-refractivity contribution in [2.75, 3.05) is 6.61 Å². The average Bonchev–Trinajstić information content (AvgIpc) is 3.02. The molecule has 122 valence electrons. The number of nitro benzene ring substituents is 1. The van der Waals surface area contributed by atoms with Crippen molar-refractivity contribution in [3.8, 4) is 0 Å². The van der Waals surface area contributed by atoms with E-state index in [1.54, 1.807) is 6.92 Å². The van der Waals surface area contributed by atoms with Crippen molar-refractivity contribution < 1.29 is 22.9 Å². The van der Waals surface area contributed by atoms with Crippen LogP contribution in [0.1, 0.15) is 12.0 Å². The summed E-state index contributed by atoms with van der Waals surface area (Å²) in [5.41, 5.74) is 0.376. The SMILES string of the molecule is Cc1cc(SOP(=O)(O)OCC2CC2(Cl)Cl)ccc1[N+](=O)[O-]. The summed E-state index contributed by atoms with van der Waals surface area (Å²) in [6, 6.07) is 4.19. The minimum absolute atomic E-state index is 0.0397. The van der Waals surface area contributed by atoms with Gasteiger partial charge in [-0.15, -0.1) is 23.2 Å². The minimum Gasteiger partial charge on any atom is -0.302 e. The highest BCUT2D eigenvalue weighted by Gasteiger charge is 2.52. The number of alkyl halides is 2. The number of phosphoric ester groups is 1. The molecule has 11 heteroatoms. The lowest BCUT2D eigenvalue weighted by molar-refractivity contribution is -0.385. The fraction of sp³-hybridized carbons (Fsp3) is 0.455. The Morgan fingerprint density at radius 3 is 2.73 bits per heavy atom. The Hall–Kier alpha value is -0.340. The topological polar surface area (TPSA) is 98.9 Å². The Labute approximate surface area is 140 Å². The molecule has 1 aromatic rings. The summed E-state index contributed by atoms with van der Waals surface area (Å²) in [6.45, 7) is 1.48. The molecule has 0 amide bonds. The molecule has 0 aromatic heterocycles. The Morgan fingerprint density at radius 2 is 2.23 bits per heavy atom. The van der Waals surface area contributed by atoms with Gasteiger partial charge in [0.05, 0.1) is 11.5 Å². The van der Waals surface area contributed by atoms with E-state index in [-0.39, 0.29) is 18.2 Å². The summed E-state index contributed by atoms with van der Waals surface area (Å²) in [5, 5.41) is 10.7. The minimum atomic E-state index is -4.26. The predicted molar refractivity (Wildman–Crippen MR) is 83.1 cm³/mol. The number of hydrogen-bond donors (Lipinski definition) is 1. The van der Waals surface area contributed by atoms with Crippen molar-refractivity contribution in [3.63, 3.8) is 0 Å². The molecular weight excluding hydrogens is 376 g/mol. The van der Waals surface area contributed by atoms with Gasteiger partial charge in [0.15, 0.2) is 0 Å². The molecule has 0 aliphatic heterocycles. The Morgan fingerprint density at radius 1 is 1.59 bits per heavy atom. The monoisotopic (exact) mass is 387 g/mol. The average molecular weight is 388 g/mol. The van der Waals surface area contributed by atoms with Gasteiger partial charge in [0.1, 0.15) is 4.33 Å². The second-order valence-corrected chi connectivity index (χ2v) is 8.76. The van der Waals surface area contributed by atoms with Crippen LogP contribution in [0, 0.1) is 23.0 Å². The maximum atomic E-state index is 11.7. The van der Waals surface area contributed by atoms with E-state index in [0.29, 0.717) is 28.9 Å². The normalized spacial score (nSPS) is 22.1. The number of benzene rings is 1. The quantitative estimate of drug-likeness (QED) is 0.245. The van der Waals surface area contributed by atoms with Crippen LogP contribution >= 0.6 is 43.1 Å². The first-order valence-electron chi connectivity index (χ1n) is 6.07. The number of phosphoric acid groups is 1. The van der Waals surface area contributed by atoms with E-state index in [1.165, 1.54) is 18.2 Å². The molecule has 1 aromatic carbocycles. The van der Waals surface area contributed by atoms with Crippen molar-refractivity contribution in [1.82, 2.24) is 0 Å². The van der Waals surface area contributed by atoms with Gasteiger partial charge in [-0.3, -0.25) is 14.6 Å². The maximum absolute atomic E-state index is 11.7. The van der Waals surface area contributed by atoms with Gasteiger partial charge in [0, 0.05) is 34.5 Å². The molecule has 1 N–H and O–H groups in total. The van der Waals surface area contributed by atoms with Crippen LogP contribution in [-0.4, -0.2) is 20.8 Å². The van der Waals surface area contributed by atoms with E-state index in [2.05, 4.69) is 0 Å². The van der Waals surface area contributed by atoms with Gasteiger partial charge < -0.3 is 4.89 Å². The first kappa shape index (κ1) is 18.0. The van der Waals surface area contributed by atoms with Crippen molar-refractivity contribution in [1.29, 1.82) is 0 Å². The van der Waals surface area contributed by atoms with E-state index in [9.17, 15) is 19.6 Å². The summed E-state index contributed by atoms with van der Waals surface area (Å²) in [6.07, 6.45) is 0.491. The Kier molecular flexibility index (Phi) is 5.44. The first-order valence-corrected chi connectivity index (χ1v) is 9.06. The lowest BCUT2D eigenvalue weighted by atomic mass is 10.2. The van der Waals surface area contributed by atoms with Crippen molar-refractivity contribution in [2.24, 2.45) is 5.92 Å². The largest absolute Gasteiger partial charge is 0.483 e. The third kappa shape index (κ3) is 4.83. The van der Waals surface area contributed by atoms with Gasteiger partial charge in [-0.1, -0.05) is 0 Å². The summed E-state index contributed by atoms with van der Waals surface area (Å²) in [7, 11) is -4.26. The number of nitro groups is 1. The van der Waals surface area contributed by atoms with Gasteiger partial charge in [0.2, 0.25) is 0 Å². The number of rotatable bonds is 7. The molecule has 1 aliphatic rings. The van der Waals surface area contributed by atoms with Crippen LogP contribution < -0.4 is 0 Å². The van der Waals surface area contributed by atoms with Crippen molar-refractivity contribution in [3.05, 3.63) is 33.9 Å². The van der Waals surface area contributed by atoms with E-state index in [4.69, 9.17) is 31.7 Å². The summed E-state index contributed by atoms with van der Waals surface area (Å²) < 4.78 is 20.3. The van der Waals surface area contributed by atoms with Gasteiger partial charge in [-0.2, -0.15) is 0 Å². The smallest absolute Gasteiger partial charge is 0.302 e. The summed E-state index contributed by atoms with van der Waals surface area (Å²) in [5.74, 6) is -0.202. The molecule has 0 saturated heterocycles. The van der Waals surface area contributed by atoms with Crippen molar-refractivity contribution in [2.45, 2.75) is 22.6 Å². The zero-order valence-electron chi connectivity index (χ0n) is 11.3. The Balaban J connectivity index is 1.87. The molecule has 1 fully saturated rings. The molecule has 22 heavy (non-hydrogen) atoms. The van der Waals surface area contributed by atoms with Crippen LogP contribution in [-0.2, 0) is 13.1 Å². The van der Waals surface area contributed by atoms with Crippen LogP contribution in [0.2, 0.25) is 0 Å². The highest BCUT2D eigenvalue weighted by Crippen LogP contribution is 2.56. The lowest BCUT2D eigenvalue weighted by Gasteiger charge is -2.11. The van der Waals surface area contributed by atoms with E-state index < -0.39 is 17.1 Å². The highest BCUT2D eigenvalue weighted by molar-refractivity contribution is 7.98. The molecule has 0 heterocycles. The molecule has 1 aliphatic carbocycles.